The molecule has 0 amide bonds. The van der Waals surface area contributed by atoms with Crippen LogP contribution in [0.3, 0.4) is 0 Å². The Kier molecular flexibility index (Phi) is 52.4. The van der Waals surface area contributed by atoms with Crippen LogP contribution in [0.15, 0.2) is 134 Å². The number of hydrogen-bond donors (Lipinski definition) is 1. The molecule has 0 aromatic carbocycles. The molecule has 0 heterocycles. The number of likely N-dealkylation sites (N-methyl/N-ethyl adjacent to an activating group) is 1. The van der Waals surface area contributed by atoms with E-state index in [4.69, 9.17) is 18.5 Å². The second-order valence-corrected chi connectivity index (χ2v) is 21.4. The van der Waals surface area contributed by atoms with Crippen LogP contribution in [0.2, 0.25) is 0 Å². The molecule has 1 N–H and O–H groups in total. The summed E-state index contributed by atoms with van der Waals surface area (Å²) in [6, 6.07) is 0. The minimum atomic E-state index is -4.30. The van der Waals surface area contributed by atoms with Crippen molar-refractivity contribution in [3.05, 3.63) is 134 Å². The first-order valence-electron chi connectivity index (χ1n) is 28.9. The van der Waals surface area contributed by atoms with Gasteiger partial charge in [-0.05, 0) is 109 Å². The predicted octanol–water partition coefficient (Wildman–Crippen LogP) is 18.6. The summed E-state index contributed by atoms with van der Waals surface area (Å²) >= 11 is 0. The van der Waals surface area contributed by atoms with E-state index < -0.39 is 13.9 Å². The highest BCUT2D eigenvalue weighted by Gasteiger charge is 2.26. The third-order valence-electron chi connectivity index (χ3n) is 11.7. The van der Waals surface area contributed by atoms with E-state index in [-0.39, 0.29) is 25.8 Å². The van der Waals surface area contributed by atoms with Gasteiger partial charge in [0.2, 0.25) is 0 Å². The van der Waals surface area contributed by atoms with Crippen molar-refractivity contribution in [2.45, 2.75) is 213 Å². The number of ether oxygens (including phenoxy) is 2. The van der Waals surface area contributed by atoms with Gasteiger partial charge < -0.3 is 18.9 Å². The lowest BCUT2D eigenvalue weighted by atomic mass is 10.1. The summed E-state index contributed by atoms with van der Waals surface area (Å²) in [6.07, 6.45) is 80.8. The fourth-order valence-electron chi connectivity index (χ4n) is 7.35. The predicted molar refractivity (Wildman–Crippen MR) is 316 cm³/mol. The summed E-state index contributed by atoms with van der Waals surface area (Å²) in [5.74, 6) is -0.329. The van der Waals surface area contributed by atoms with Crippen LogP contribution in [0.1, 0.15) is 206 Å². The summed E-state index contributed by atoms with van der Waals surface area (Å²) in [6.45, 7) is 5.34. The van der Waals surface area contributed by atoms with Gasteiger partial charge in [-0.15, -0.1) is 0 Å². The van der Waals surface area contributed by atoms with Gasteiger partial charge in [0.05, 0.1) is 34.4 Å². The first-order chi connectivity index (χ1) is 35.6. The number of carbonyl (C=O) groups excluding carboxylic acids is 1. The summed E-state index contributed by atoms with van der Waals surface area (Å²) in [5, 5.41) is 0. The molecule has 2 unspecified atom stereocenters. The van der Waals surface area contributed by atoms with Crippen molar-refractivity contribution in [2.75, 3.05) is 54.1 Å². The molecule has 0 aliphatic heterocycles. The van der Waals surface area contributed by atoms with Gasteiger partial charge in [0.15, 0.2) is 0 Å². The van der Waals surface area contributed by atoms with Gasteiger partial charge in [-0.2, -0.15) is 0 Å². The Morgan fingerprint density at radius 3 is 1.12 bits per heavy atom. The molecule has 0 aliphatic rings. The third kappa shape index (κ3) is 59.4. The van der Waals surface area contributed by atoms with Crippen molar-refractivity contribution in [1.82, 2.24) is 0 Å². The van der Waals surface area contributed by atoms with Gasteiger partial charge in [-0.3, -0.25) is 13.8 Å². The van der Waals surface area contributed by atoms with Crippen molar-refractivity contribution >= 4 is 13.8 Å². The normalized spacial score (nSPS) is 14.4. The molecule has 0 aromatic heterocycles. The monoisotopic (exact) mass is 1030 g/mol. The molecule has 8 nitrogen and oxygen atoms in total. The number of phosphoric ester groups is 1. The number of quaternary nitrogens is 1. The molecule has 0 saturated carbocycles. The fourth-order valence-corrected chi connectivity index (χ4v) is 8.09. The molecular weight excluding hydrogens is 926 g/mol. The largest absolute Gasteiger partial charge is 0.472 e. The summed E-state index contributed by atoms with van der Waals surface area (Å²) in [4.78, 5) is 23.1. The highest BCUT2D eigenvalue weighted by Crippen LogP contribution is 2.43. The van der Waals surface area contributed by atoms with E-state index in [0.717, 1.165) is 122 Å². The summed E-state index contributed by atoms with van der Waals surface area (Å²) in [5.41, 5.74) is 0. The minimum absolute atomic E-state index is 0.0769. The van der Waals surface area contributed by atoms with Crippen molar-refractivity contribution in [3.8, 4) is 0 Å². The number of rotatable bonds is 52. The Labute approximate surface area is 449 Å². The van der Waals surface area contributed by atoms with E-state index in [1.165, 1.54) is 64.2 Å². The lowest BCUT2D eigenvalue weighted by molar-refractivity contribution is -0.870. The summed E-state index contributed by atoms with van der Waals surface area (Å²) < 4.78 is 35.3. The zero-order valence-corrected chi connectivity index (χ0v) is 48.2. The first-order valence-corrected chi connectivity index (χ1v) is 30.4. The van der Waals surface area contributed by atoms with Crippen molar-refractivity contribution in [2.24, 2.45) is 0 Å². The van der Waals surface area contributed by atoms with Crippen LogP contribution in [0.4, 0.5) is 0 Å². The van der Waals surface area contributed by atoms with Gasteiger partial charge in [0.1, 0.15) is 19.3 Å². The summed E-state index contributed by atoms with van der Waals surface area (Å²) in [7, 11) is 1.63. The zero-order chi connectivity index (χ0) is 53.3. The van der Waals surface area contributed by atoms with Gasteiger partial charge in [0.25, 0.3) is 0 Å². The fraction of sp³-hybridized carbons (Fsp3) is 0.641. The Morgan fingerprint density at radius 2 is 0.753 bits per heavy atom. The van der Waals surface area contributed by atoms with E-state index in [9.17, 15) is 14.3 Å². The Morgan fingerprint density at radius 1 is 0.425 bits per heavy atom. The molecule has 0 aliphatic carbocycles. The topological polar surface area (TPSA) is 91.3 Å². The van der Waals surface area contributed by atoms with Crippen LogP contribution in [-0.4, -0.2) is 75.6 Å². The van der Waals surface area contributed by atoms with E-state index in [1.807, 2.05) is 21.1 Å². The number of phosphoric acid groups is 1. The lowest BCUT2D eigenvalue weighted by Gasteiger charge is -2.24. The van der Waals surface area contributed by atoms with Gasteiger partial charge in [-0.25, -0.2) is 4.57 Å². The van der Waals surface area contributed by atoms with Crippen LogP contribution in [0.25, 0.3) is 0 Å². The highest BCUT2D eigenvalue weighted by atomic mass is 31.2. The van der Waals surface area contributed by atoms with Gasteiger partial charge in [0, 0.05) is 13.0 Å². The molecule has 416 valence electrons. The average Bonchev–Trinajstić information content (AvgIpc) is 3.35. The van der Waals surface area contributed by atoms with Crippen LogP contribution < -0.4 is 0 Å². The number of allylic oxidation sites excluding steroid dienone is 22. The van der Waals surface area contributed by atoms with Crippen LogP contribution >= 0.6 is 7.82 Å². The number of nitrogens with zero attached hydrogens (tertiary/aromatic N) is 1. The molecular formula is C64H109NO7P+. The molecule has 0 aromatic rings. The quantitative estimate of drug-likeness (QED) is 0.0213. The Bertz CT molecular complexity index is 1630. The molecule has 0 spiro atoms. The van der Waals surface area contributed by atoms with Crippen LogP contribution in [0, 0.1) is 0 Å². The Hall–Kier alpha value is -3.36. The van der Waals surface area contributed by atoms with Gasteiger partial charge >= 0.3 is 13.8 Å². The molecule has 2 atom stereocenters. The van der Waals surface area contributed by atoms with Gasteiger partial charge in [-0.1, -0.05) is 225 Å². The number of carbonyl (C=O) groups is 1. The molecule has 0 radical (unpaired) electrons. The second-order valence-electron chi connectivity index (χ2n) is 19.9. The standard InChI is InChI=1S/C64H108NO7P/c1-6-8-10-12-14-16-18-20-22-24-26-28-30-32-34-36-38-40-42-44-46-48-50-52-54-56-59-69-61-63(62-71-73(67,68)70-60-58-65(3,4)5)72-64(66)57-55-53-51-49-47-45-43-41-39-37-35-33-31-29-27-25-23-21-19-17-15-13-11-9-7-2/h8-11,14-17,20-23,26-29,32-35,38,40,63H,6-7,12-13,18-19,24-25,30-31,36-37,39,41-62H2,1-5H3/p+1/b10-8-,11-9-,16-14-,17-15-,22-20-,23-21-,28-26-,29-27-,34-32-,35-33-,40-38-. The molecule has 0 bridgehead atoms. The molecule has 0 saturated heterocycles. The molecule has 73 heavy (non-hydrogen) atoms. The van der Waals surface area contributed by atoms with Crippen molar-refractivity contribution in [1.29, 1.82) is 0 Å². The Balaban J connectivity index is 4.17. The maximum Gasteiger partial charge on any atom is 0.472 e. The van der Waals surface area contributed by atoms with E-state index in [0.29, 0.717) is 24.1 Å². The minimum Gasteiger partial charge on any atom is -0.457 e. The first kappa shape index (κ1) is 69.6. The van der Waals surface area contributed by atoms with E-state index in [2.05, 4.69) is 148 Å². The maximum atomic E-state index is 12.8. The second kappa shape index (κ2) is 54.9. The number of hydrogen-bond acceptors (Lipinski definition) is 6. The maximum absolute atomic E-state index is 12.8. The smallest absolute Gasteiger partial charge is 0.457 e. The lowest BCUT2D eigenvalue weighted by Crippen LogP contribution is -2.37. The highest BCUT2D eigenvalue weighted by molar-refractivity contribution is 7.47. The van der Waals surface area contributed by atoms with E-state index in [1.54, 1.807) is 0 Å². The van der Waals surface area contributed by atoms with Crippen molar-refractivity contribution < 1.29 is 37.3 Å². The zero-order valence-electron chi connectivity index (χ0n) is 47.3. The molecule has 0 rings (SSSR count). The molecule has 9 heteroatoms. The van der Waals surface area contributed by atoms with Crippen LogP contribution in [0.5, 0.6) is 0 Å². The number of esters is 1. The average molecular weight is 1040 g/mol. The number of unbranched alkanes of at least 4 members (excludes halogenated alkanes) is 16. The molecule has 0 fully saturated rings. The van der Waals surface area contributed by atoms with Crippen molar-refractivity contribution in [3.63, 3.8) is 0 Å². The SMILES string of the molecule is CC/C=C\C/C=C\C/C=C\C/C=C\C/C=C\C/C=C\CCCCCCCCCOCC(COP(=O)(O)OCC[N+](C)(C)C)OC(=O)CCCCCCCCCCC/C=C\C/C=C\C/C=C\C/C=C\C/C=C\CC. The van der Waals surface area contributed by atoms with Crippen LogP contribution in [-0.2, 0) is 27.9 Å². The van der Waals surface area contributed by atoms with E-state index >= 15 is 0 Å². The third-order valence-corrected chi connectivity index (χ3v) is 12.7.